The van der Waals surface area contributed by atoms with Gasteiger partial charge in [0.25, 0.3) is 5.91 Å². The molecule has 3 nitrogen and oxygen atoms in total. The zero-order valence-electron chi connectivity index (χ0n) is 11.4. The molecule has 1 aromatic carbocycles. The smallest absolute Gasteiger partial charge is 0.253 e. The van der Waals surface area contributed by atoms with E-state index in [4.69, 9.17) is 0 Å². The third kappa shape index (κ3) is 2.84. The van der Waals surface area contributed by atoms with E-state index in [2.05, 4.69) is 31.4 Å². The summed E-state index contributed by atoms with van der Waals surface area (Å²) in [5, 5.41) is 6.46. The second-order valence-electron chi connectivity index (χ2n) is 5.71. The molecule has 1 saturated carbocycles. The van der Waals surface area contributed by atoms with Gasteiger partial charge in [0.15, 0.2) is 0 Å². The summed E-state index contributed by atoms with van der Waals surface area (Å²) in [6.07, 6.45) is 3.37. The fraction of sp³-hybridized carbons (Fsp3) is 0.533. The monoisotopic (exact) mass is 246 g/mol. The second kappa shape index (κ2) is 5.01. The Hall–Kier alpha value is -1.51. The molecule has 1 aromatic rings. The molecule has 1 aliphatic rings. The van der Waals surface area contributed by atoms with Crippen LogP contribution in [0.15, 0.2) is 24.3 Å². The number of hydrogen-bond acceptors (Lipinski definition) is 2. The standard InChI is InChI=1S/C15H22N2O/c1-11(2)16-13-8-5-4-7-12(13)14(18)17-15(3)9-6-10-15/h4-5,7-8,11,16H,6,9-10H2,1-3H3,(H,17,18). The summed E-state index contributed by atoms with van der Waals surface area (Å²) in [7, 11) is 0. The fourth-order valence-electron chi connectivity index (χ4n) is 2.29. The Balaban J connectivity index is 2.13. The van der Waals surface area contributed by atoms with Gasteiger partial charge in [-0.05, 0) is 52.2 Å². The third-order valence-electron chi connectivity index (χ3n) is 3.49. The van der Waals surface area contributed by atoms with Crippen molar-refractivity contribution < 1.29 is 4.79 Å². The van der Waals surface area contributed by atoms with Gasteiger partial charge in [-0.2, -0.15) is 0 Å². The van der Waals surface area contributed by atoms with Gasteiger partial charge < -0.3 is 10.6 Å². The van der Waals surface area contributed by atoms with Crippen LogP contribution < -0.4 is 10.6 Å². The van der Waals surface area contributed by atoms with E-state index in [-0.39, 0.29) is 11.4 Å². The first-order valence-electron chi connectivity index (χ1n) is 6.68. The number of rotatable bonds is 4. The van der Waals surface area contributed by atoms with Crippen molar-refractivity contribution in [3.63, 3.8) is 0 Å². The van der Waals surface area contributed by atoms with Crippen molar-refractivity contribution in [2.24, 2.45) is 0 Å². The minimum absolute atomic E-state index is 0.00201. The van der Waals surface area contributed by atoms with Gasteiger partial charge >= 0.3 is 0 Å². The summed E-state index contributed by atoms with van der Waals surface area (Å²) in [6.45, 7) is 6.26. The lowest BCUT2D eigenvalue weighted by Crippen LogP contribution is -2.51. The molecule has 1 aliphatic carbocycles. The zero-order valence-corrected chi connectivity index (χ0v) is 11.4. The zero-order chi connectivity index (χ0) is 13.2. The highest BCUT2D eigenvalue weighted by Crippen LogP contribution is 2.31. The largest absolute Gasteiger partial charge is 0.382 e. The maximum atomic E-state index is 12.3. The number of hydrogen-bond donors (Lipinski definition) is 2. The molecule has 0 saturated heterocycles. The van der Waals surface area contributed by atoms with Crippen molar-refractivity contribution in [3.05, 3.63) is 29.8 Å². The maximum absolute atomic E-state index is 12.3. The van der Waals surface area contributed by atoms with Crippen LogP contribution in [0.2, 0.25) is 0 Å². The number of anilines is 1. The minimum Gasteiger partial charge on any atom is -0.382 e. The Morgan fingerprint density at radius 1 is 1.28 bits per heavy atom. The predicted octanol–water partition coefficient (Wildman–Crippen LogP) is 3.18. The molecule has 1 fully saturated rings. The molecular weight excluding hydrogens is 224 g/mol. The Kier molecular flexibility index (Phi) is 3.60. The van der Waals surface area contributed by atoms with Gasteiger partial charge in [0.05, 0.1) is 5.56 Å². The lowest BCUT2D eigenvalue weighted by molar-refractivity contribution is 0.0851. The molecular formula is C15H22N2O. The quantitative estimate of drug-likeness (QED) is 0.856. The Morgan fingerprint density at radius 3 is 2.50 bits per heavy atom. The first kappa shape index (κ1) is 12.9. The summed E-state index contributed by atoms with van der Waals surface area (Å²) < 4.78 is 0. The van der Waals surface area contributed by atoms with Gasteiger partial charge in [-0.15, -0.1) is 0 Å². The molecule has 2 rings (SSSR count). The first-order chi connectivity index (χ1) is 8.50. The van der Waals surface area contributed by atoms with E-state index in [1.165, 1.54) is 6.42 Å². The Bertz CT molecular complexity index is 436. The summed E-state index contributed by atoms with van der Waals surface area (Å²) in [5.41, 5.74) is 1.65. The molecule has 3 heteroatoms. The summed E-state index contributed by atoms with van der Waals surface area (Å²) in [6, 6.07) is 8.01. The molecule has 0 aromatic heterocycles. The van der Waals surface area contributed by atoms with E-state index in [1.54, 1.807) is 0 Å². The van der Waals surface area contributed by atoms with Crippen molar-refractivity contribution in [1.29, 1.82) is 0 Å². The molecule has 2 N–H and O–H groups in total. The van der Waals surface area contributed by atoms with E-state index >= 15 is 0 Å². The molecule has 0 atom stereocenters. The number of nitrogens with one attached hydrogen (secondary N) is 2. The highest BCUT2D eigenvalue weighted by atomic mass is 16.1. The second-order valence-corrected chi connectivity index (χ2v) is 5.71. The molecule has 0 radical (unpaired) electrons. The summed E-state index contributed by atoms with van der Waals surface area (Å²) >= 11 is 0. The van der Waals surface area contributed by atoms with E-state index in [0.29, 0.717) is 6.04 Å². The summed E-state index contributed by atoms with van der Waals surface area (Å²) in [4.78, 5) is 12.3. The third-order valence-corrected chi connectivity index (χ3v) is 3.49. The number of carbonyl (C=O) groups excluding carboxylic acids is 1. The van der Waals surface area contributed by atoms with Crippen LogP contribution in [0.3, 0.4) is 0 Å². The number of amides is 1. The van der Waals surface area contributed by atoms with Crippen LogP contribution in [0.4, 0.5) is 5.69 Å². The van der Waals surface area contributed by atoms with E-state index in [9.17, 15) is 4.79 Å². The lowest BCUT2D eigenvalue weighted by Gasteiger charge is -2.39. The van der Waals surface area contributed by atoms with Gasteiger partial charge in [-0.25, -0.2) is 0 Å². The first-order valence-corrected chi connectivity index (χ1v) is 6.68. The van der Waals surface area contributed by atoms with Gasteiger partial charge in [0.1, 0.15) is 0 Å². The van der Waals surface area contributed by atoms with Gasteiger partial charge in [-0.1, -0.05) is 12.1 Å². The van der Waals surface area contributed by atoms with E-state index in [0.717, 1.165) is 24.1 Å². The summed E-state index contributed by atoms with van der Waals surface area (Å²) in [5.74, 6) is 0.0287. The maximum Gasteiger partial charge on any atom is 0.253 e. The van der Waals surface area contributed by atoms with Crippen LogP contribution >= 0.6 is 0 Å². The minimum atomic E-state index is 0.00201. The van der Waals surface area contributed by atoms with Crippen LogP contribution in [0.1, 0.15) is 50.4 Å². The molecule has 0 aliphatic heterocycles. The number of benzene rings is 1. The average molecular weight is 246 g/mol. The highest BCUT2D eigenvalue weighted by Gasteiger charge is 2.33. The predicted molar refractivity (Wildman–Crippen MR) is 74.9 cm³/mol. The molecule has 0 bridgehead atoms. The molecule has 0 unspecified atom stereocenters. The van der Waals surface area contributed by atoms with Crippen molar-refractivity contribution in [2.75, 3.05) is 5.32 Å². The average Bonchev–Trinajstić information content (AvgIpc) is 2.26. The molecule has 0 heterocycles. The van der Waals surface area contributed by atoms with Crippen molar-refractivity contribution in [3.8, 4) is 0 Å². The van der Waals surface area contributed by atoms with Gasteiger partial charge in [0.2, 0.25) is 0 Å². The SMILES string of the molecule is CC(C)Nc1ccccc1C(=O)NC1(C)CCC1. The van der Waals surface area contributed by atoms with Crippen LogP contribution in [0, 0.1) is 0 Å². The Labute approximate surface area is 109 Å². The van der Waals surface area contributed by atoms with Crippen molar-refractivity contribution in [2.45, 2.75) is 51.6 Å². The normalized spacial score (nSPS) is 17.1. The van der Waals surface area contributed by atoms with Crippen molar-refractivity contribution >= 4 is 11.6 Å². The van der Waals surface area contributed by atoms with E-state index in [1.807, 2.05) is 24.3 Å². The molecule has 1 amide bonds. The Morgan fingerprint density at radius 2 is 1.94 bits per heavy atom. The van der Waals surface area contributed by atoms with Gasteiger partial charge in [-0.3, -0.25) is 4.79 Å². The van der Waals surface area contributed by atoms with E-state index < -0.39 is 0 Å². The van der Waals surface area contributed by atoms with Crippen LogP contribution in [-0.2, 0) is 0 Å². The molecule has 0 spiro atoms. The topological polar surface area (TPSA) is 41.1 Å². The number of para-hydroxylation sites is 1. The molecule has 18 heavy (non-hydrogen) atoms. The van der Waals surface area contributed by atoms with Crippen LogP contribution in [0.25, 0.3) is 0 Å². The lowest BCUT2D eigenvalue weighted by atomic mass is 9.78. The number of carbonyl (C=O) groups is 1. The van der Waals surface area contributed by atoms with Crippen LogP contribution in [-0.4, -0.2) is 17.5 Å². The highest BCUT2D eigenvalue weighted by molar-refractivity contribution is 6.00. The van der Waals surface area contributed by atoms with Gasteiger partial charge in [0, 0.05) is 17.3 Å². The van der Waals surface area contributed by atoms with Crippen LogP contribution in [0.5, 0.6) is 0 Å². The van der Waals surface area contributed by atoms with Crippen molar-refractivity contribution in [1.82, 2.24) is 5.32 Å². The fourth-order valence-corrected chi connectivity index (χ4v) is 2.29. The molecule has 98 valence electrons.